The van der Waals surface area contributed by atoms with E-state index < -0.39 is 17.9 Å². The molecule has 0 aliphatic rings. The molecule has 0 saturated heterocycles. The van der Waals surface area contributed by atoms with Gasteiger partial charge in [0.15, 0.2) is 0 Å². The molecule has 0 aliphatic heterocycles. The van der Waals surface area contributed by atoms with Gasteiger partial charge in [-0.05, 0) is 27.2 Å². The maximum Gasteiger partial charge on any atom is 0.244 e. The van der Waals surface area contributed by atoms with Gasteiger partial charge in [-0.1, -0.05) is 15.3 Å². The Kier molecular flexibility index (Phi) is 9.16. The summed E-state index contributed by atoms with van der Waals surface area (Å²) >= 11 is 0. The highest BCUT2D eigenvalue weighted by Crippen LogP contribution is 2.21. The molecule has 0 saturated carbocycles. The van der Waals surface area contributed by atoms with Crippen molar-refractivity contribution in [3.63, 3.8) is 0 Å². The summed E-state index contributed by atoms with van der Waals surface area (Å²) in [6.45, 7) is -1.21. The Balaban J connectivity index is 4.98. The fourth-order valence-corrected chi connectivity index (χ4v) is 1.27. The quantitative estimate of drug-likeness (QED) is 0.336. The van der Waals surface area contributed by atoms with E-state index in [1.165, 1.54) is 0 Å². The number of hydrogen-bond acceptors (Lipinski definition) is 5. The molecule has 0 N–H and O–H groups in total. The molecular formula is C7H10N12O2. The average Bonchev–Trinajstić information content (AvgIpc) is 2.48. The molecule has 0 aromatic rings. The summed E-state index contributed by atoms with van der Waals surface area (Å²) in [6.07, 6.45) is 0. The zero-order valence-corrected chi connectivity index (χ0v) is 10.7. The molecule has 0 spiro atoms. The van der Waals surface area contributed by atoms with Crippen LogP contribution in [0.25, 0.3) is 41.8 Å². The van der Waals surface area contributed by atoms with Crippen LogP contribution in [0.15, 0.2) is 20.5 Å². The van der Waals surface area contributed by atoms with Crippen molar-refractivity contribution in [2.45, 2.75) is 0 Å². The lowest BCUT2D eigenvalue weighted by molar-refractivity contribution is -0.123. The predicted octanol–water partition coefficient (Wildman–Crippen LogP) is 2.76. The van der Waals surface area contributed by atoms with Gasteiger partial charge in [-0.3, -0.25) is 4.79 Å². The van der Waals surface area contributed by atoms with Gasteiger partial charge in [-0.2, -0.15) is 0 Å². The van der Waals surface area contributed by atoms with E-state index in [-0.39, 0.29) is 26.2 Å². The zero-order valence-electron chi connectivity index (χ0n) is 10.7. The summed E-state index contributed by atoms with van der Waals surface area (Å²) in [5.74, 6) is -0.845. The van der Waals surface area contributed by atoms with Gasteiger partial charge in [0.2, 0.25) is 5.91 Å². The molecule has 0 atom stereocenters. The van der Waals surface area contributed by atoms with E-state index in [9.17, 15) is 4.79 Å². The molecular weight excluding hydrogens is 284 g/mol. The van der Waals surface area contributed by atoms with Crippen molar-refractivity contribution in [1.29, 1.82) is 0 Å². The highest BCUT2D eigenvalue weighted by Gasteiger charge is 2.29. The first-order valence-electron chi connectivity index (χ1n) is 5.32. The summed E-state index contributed by atoms with van der Waals surface area (Å²) in [4.78, 5) is 21.0. The van der Waals surface area contributed by atoms with E-state index in [1.807, 2.05) is 0 Å². The standard InChI is InChI=1S/C7H10N12O2/c8-16-12-2-7(3-13-17-9,4-14-18-10)5-21-1-6(20)15-19-11/h1-5H2. The van der Waals surface area contributed by atoms with Crippen molar-refractivity contribution in [2.24, 2.45) is 25.9 Å². The third kappa shape index (κ3) is 7.80. The fraction of sp³-hybridized carbons (Fsp3) is 0.857. The van der Waals surface area contributed by atoms with Crippen LogP contribution in [0.4, 0.5) is 0 Å². The molecule has 0 heterocycles. The molecule has 0 rings (SSSR count). The lowest BCUT2D eigenvalue weighted by atomic mass is 9.89. The molecule has 21 heavy (non-hydrogen) atoms. The Labute approximate surface area is 117 Å². The number of azide groups is 4. The van der Waals surface area contributed by atoms with E-state index >= 15 is 0 Å². The Bertz CT molecular complexity index is 496. The molecule has 0 aliphatic carbocycles. The molecule has 110 valence electrons. The van der Waals surface area contributed by atoms with E-state index in [0.717, 1.165) is 0 Å². The number of hydrogen-bond donors (Lipinski definition) is 0. The highest BCUT2D eigenvalue weighted by molar-refractivity contribution is 5.77. The molecule has 0 aromatic heterocycles. The van der Waals surface area contributed by atoms with Gasteiger partial charge in [-0.15, -0.1) is 0 Å². The summed E-state index contributed by atoms with van der Waals surface area (Å²) in [7, 11) is 0. The maximum absolute atomic E-state index is 11.0. The van der Waals surface area contributed by atoms with Gasteiger partial charge in [0, 0.05) is 44.7 Å². The molecule has 14 nitrogen and oxygen atoms in total. The van der Waals surface area contributed by atoms with Crippen LogP contribution < -0.4 is 0 Å². The van der Waals surface area contributed by atoms with Crippen molar-refractivity contribution < 1.29 is 9.53 Å². The smallest absolute Gasteiger partial charge is 0.244 e. The van der Waals surface area contributed by atoms with Crippen LogP contribution in [0.3, 0.4) is 0 Å². The number of amides is 1. The largest absolute Gasteiger partial charge is 0.373 e. The van der Waals surface area contributed by atoms with Gasteiger partial charge in [0.1, 0.15) is 6.61 Å². The molecule has 0 unspecified atom stereocenters. The van der Waals surface area contributed by atoms with Crippen molar-refractivity contribution in [3.05, 3.63) is 41.8 Å². The van der Waals surface area contributed by atoms with Gasteiger partial charge in [0.25, 0.3) is 0 Å². The zero-order chi connectivity index (χ0) is 16.0. The minimum atomic E-state index is -1.08. The molecule has 0 aromatic carbocycles. The summed E-state index contributed by atoms with van der Waals surface area (Å²) in [5.41, 5.74) is 32.1. The average molecular weight is 294 g/mol. The third-order valence-electron chi connectivity index (χ3n) is 2.20. The van der Waals surface area contributed by atoms with Crippen LogP contribution >= 0.6 is 0 Å². The van der Waals surface area contributed by atoms with E-state index in [2.05, 4.69) is 40.1 Å². The van der Waals surface area contributed by atoms with Gasteiger partial charge >= 0.3 is 0 Å². The first-order valence-corrected chi connectivity index (χ1v) is 5.32. The number of nitrogens with zero attached hydrogens (tertiary/aromatic N) is 12. The third-order valence-corrected chi connectivity index (χ3v) is 2.20. The monoisotopic (exact) mass is 294 g/mol. The van der Waals surface area contributed by atoms with Crippen molar-refractivity contribution in [2.75, 3.05) is 32.8 Å². The van der Waals surface area contributed by atoms with Crippen LogP contribution in [-0.2, 0) is 9.53 Å². The number of carbonyl (C=O) groups excluding carboxylic acids is 1. The first kappa shape index (κ1) is 17.9. The second kappa shape index (κ2) is 10.8. The van der Waals surface area contributed by atoms with Crippen LogP contribution in [0, 0.1) is 5.41 Å². The number of rotatable bonds is 10. The summed E-state index contributed by atoms with van der Waals surface area (Å²) in [5, 5.41) is 12.9. The topological polar surface area (TPSA) is 221 Å². The normalized spacial score (nSPS) is 11.6. The molecule has 0 radical (unpaired) electrons. The van der Waals surface area contributed by atoms with Gasteiger partial charge in [0.05, 0.1) is 6.61 Å². The van der Waals surface area contributed by atoms with Crippen LogP contribution in [0.1, 0.15) is 0 Å². The van der Waals surface area contributed by atoms with Crippen LogP contribution in [0.2, 0.25) is 0 Å². The Morgan fingerprint density at radius 3 is 1.76 bits per heavy atom. The van der Waals surface area contributed by atoms with Crippen molar-refractivity contribution in [1.82, 2.24) is 0 Å². The second-order valence-electron chi connectivity index (χ2n) is 3.74. The predicted molar refractivity (Wildman–Crippen MR) is 69.4 cm³/mol. The number of carbonyl (C=O) groups is 1. The van der Waals surface area contributed by atoms with Gasteiger partial charge < -0.3 is 4.74 Å². The minimum Gasteiger partial charge on any atom is -0.373 e. The number of ether oxygens (including phenoxy) is 1. The van der Waals surface area contributed by atoms with Crippen molar-refractivity contribution in [3.8, 4) is 0 Å². The van der Waals surface area contributed by atoms with Crippen molar-refractivity contribution >= 4 is 5.91 Å². The Hall–Kier alpha value is -3.13. The maximum atomic E-state index is 11.0. The Morgan fingerprint density at radius 2 is 1.38 bits per heavy atom. The van der Waals surface area contributed by atoms with E-state index in [0.29, 0.717) is 0 Å². The molecule has 0 fully saturated rings. The molecule has 0 bridgehead atoms. The highest BCUT2D eigenvalue weighted by atomic mass is 16.5. The fourth-order valence-electron chi connectivity index (χ4n) is 1.27. The molecule has 14 heteroatoms. The van der Waals surface area contributed by atoms with E-state index in [4.69, 9.17) is 26.9 Å². The van der Waals surface area contributed by atoms with Crippen LogP contribution in [-0.4, -0.2) is 38.8 Å². The lowest BCUT2D eigenvalue weighted by Gasteiger charge is -2.28. The van der Waals surface area contributed by atoms with E-state index in [1.54, 1.807) is 0 Å². The van der Waals surface area contributed by atoms with Crippen LogP contribution in [0.5, 0.6) is 0 Å². The summed E-state index contributed by atoms with van der Waals surface area (Å²) in [6, 6.07) is 0. The molecule has 1 amide bonds. The Morgan fingerprint density at radius 1 is 0.905 bits per heavy atom. The summed E-state index contributed by atoms with van der Waals surface area (Å²) < 4.78 is 5.04. The minimum absolute atomic E-state index is 0.169. The van der Waals surface area contributed by atoms with Gasteiger partial charge in [-0.25, -0.2) is 0 Å². The second-order valence-corrected chi connectivity index (χ2v) is 3.74. The SMILES string of the molecule is [N-]=[N+]=NCC(CN=[N+]=[N-])(CN=[N+]=[N-])COCC(=O)N=[N+]=[N-]. The lowest BCUT2D eigenvalue weighted by Crippen LogP contribution is -2.37. The first-order chi connectivity index (χ1) is 10.1.